The van der Waals surface area contributed by atoms with Crippen molar-refractivity contribution in [2.24, 2.45) is 0 Å². The molecule has 0 unspecified atom stereocenters. The maximum absolute atomic E-state index is 15.6. The highest BCUT2D eigenvalue weighted by molar-refractivity contribution is 6.14. The quantitative estimate of drug-likeness (QED) is 0.128. The van der Waals surface area contributed by atoms with E-state index in [1.165, 1.54) is 12.1 Å². The minimum Gasteiger partial charge on any atom is -0.307 e. The minimum atomic E-state index is -4.84. The zero-order chi connectivity index (χ0) is 65.5. The number of alkyl halides is 6. The van der Waals surface area contributed by atoms with Crippen LogP contribution in [0.1, 0.15) is 27.8 Å². The van der Waals surface area contributed by atoms with Crippen molar-refractivity contribution >= 4 is 55.3 Å². The van der Waals surface area contributed by atoms with Crippen molar-refractivity contribution in [3.05, 3.63) is 331 Å². The van der Waals surface area contributed by atoms with Crippen LogP contribution in [0.15, 0.2) is 303 Å². The summed E-state index contributed by atoms with van der Waals surface area (Å²) in [6, 6.07) is 95.9. The van der Waals surface area contributed by atoms with Gasteiger partial charge < -0.3 is 9.13 Å². The van der Waals surface area contributed by atoms with Crippen LogP contribution in [-0.4, -0.2) is 24.1 Å². The van der Waals surface area contributed by atoms with Crippen LogP contribution in [0.25, 0.3) is 156 Å². The van der Waals surface area contributed by atoms with Crippen LogP contribution in [-0.2, 0) is 18.8 Å². The number of rotatable bonds is 10. The van der Waals surface area contributed by atoms with E-state index in [9.17, 15) is 0 Å². The number of halogens is 6. The second-order valence-corrected chi connectivity index (χ2v) is 24.5. The molecule has 464 valence electrons. The zero-order valence-electron chi connectivity index (χ0n) is 51.7. The van der Waals surface area contributed by atoms with Gasteiger partial charge in [-0.25, -0.2) is 15.0 Å². The van der Waals surface area contributed by atoms with E-state index in [4.69, 9.17) is 15.0 Å². The van der Waals surface area contributed by atoms with Crippen LogP contribution >= 0.6 is 0 Å². The first-order valence-electron chi connectivity index (χ1n) is 31.9. The highest BCUT2D eigenvalue weighted by Crippen LogP contribution is 2.49. The molecule has 13 aromatic carbocycles. The SMILES string of the molecule is FC(F)(F)c1ccc2c3ccc(C(F)(F)F)cc3n(-c3c(/C=C4/Cc5ccc(-c6ccccc6)cc5-c5cc(-c6ccccc6)ccc54)cc(-c4nc(-c5ccccc5)nc(-c5ccccc5)n4)cc3-n3c4ccc(-c5ccccc5)cc4c4cc(-c5ccccc5)ccc43)c2c1. The monoisotopic (exact) mass is 1270 g/mol. The molecule has 0 amide bonds. The molecule has 0 fully saturated rings. The van der Waals surface area contributed by atoms with E-state index in [-0.39, 0.29) is 16.9 Å². The normalized spacial score (nSPS) is 12.8. The van der Waals surface area contributed by atoms with Gasteiger partial charge in [-0.05, 0) is 158 Å². The topological polar surface area (TPSA) is 48.5 Å². The van der Waals surface area contributed by atoms with Crippen molar-refractivity contribution in [3.8, 4) is 101 Å². The van der Waals surface area contributed by atoms with E-state index < -0.39 is 23.5 Å². The average Bonchev–Trinajstić information content (AvgIpc) is 1.61. The fourth-order valence-corrected chi connectivity index (χ4v) is 14.0. The third kappa shape index (κ3) is 10.6. The molecule has 16 aromatic rings. The molecule has 0 bridgehead atoms. The minimum absolute atomic E-state index is 0.0458. The van der Waals surface area contributed by atoms with Gasteiger partial charge in [-0.2, -0.15) is 26.3 Å². The zero-order valence-corrected chi connectivity index (χ0v) is 51.7. The highest BCUT2D eigenvalue weighted by atomic mass is 19.4. The molecule has 0 N–H and O–H groups in total. The molecule has 11 heteroatoms. The van der Waals surface area contributed by atoms with Crippen molar-refractivity contribution in [2.45, 2.75) is 18.8 Å². The molecule has 0 saturated heterocycles. The summed E-state index contributed by atoms with van der Waals surface area (Å²) in [5, 5.41) is 2.35. The summed E-state index contributed by atoms with van der Waals surface area (Å²) < 4.78 is 97.1. The second kappa shape index (κ2) is 23.4. The van der Waals surface area contributed by atoms with Gasteiger partial charge in [-0.1, -0.05) is 231 Å². The lowest BCUT2D eigenvalue weighted by Crippen LogP contribution is -2.10. The Morgan fingerprint density at radius 2 is 0.680 bits per heavy atom. The van der Waals surface area contributed by atoms with E-state index >= 15 is 26.3 Å². The van der Waals surface area contributed by atoms with E-state index in [2.05, 4.69) is 132 Å². The van der Waals surface area contributed by atoms with Gasteiger partial charge in [0, 0.05) is 43.8 Å². The molecule has 0 saturated carbocycles. The Hall–Kier alpha value is -12.2. The summed E-state index contributed by atoms with van der Waals surface area (Å²) in [5.74, 6) is 1.05. The van der Waals surface area contributed by atoms with Crippen molar-refractivity contribution in [3.63, 3.8) is 0 Å². The maximum Gasteiger partial charge on any atom is 0.416 e. The van der Waals surface area contributed by atoms with Gasteiger partial charge in [-0.15, -0.1) is 0 Å². The largest absolute Gasteiger partial charge is 0.416 e. The summed E-state index contributed by atoms with van der Waals surface area (Å²) in [7, 11) is 0. The number of aromatic nitrogens is 5. The van der Waals surface area contributed by atoms with Gasteiger partial charge in [0.2, 0.25) is 0 Å². The van der Waals surface area contributed by atoms with Crippen LogP contribution in [0, 0.1) is 0 Å². The predicted octanol–water partition coefficient (Wildman–Crippen LogP) is 23.5. The first-order chi connectivity index (χ1) is 47.3. The Morgan fingerprint density at radius 3 is 1.12 bits per heavy atom. The molecule has 1 aliphatic carbocycles. The highest BCUT2D eigenvalue weighted by Gasteiger charge is 2.35. The van der Waals surface area contributed by atoms with Gasteiger partial charge in [0.25, 0.3) is 0 Å². The molecule has 3 heterocycles. The van der Waals surface area contributed by atoms with E-state index in [0.717, 1.165) is 130 Å². The van der Waals surface area contributed by atoms with E-state index in [1.807, 2.05) is 146 Å². The van der Waals surface area contributed by atoms with Gasteiger partial charge >= 0.3 is 12.4 Å². The lowest BCUT2D eigenvalue weighted by atomic mass is 9.79. The summed E-state index contributed by atoms with van der Waals surface area (Å²) in [4.78, 5) is 15.7. The molecule has 0 aliphatic heterocycles. The molecule has 97 heavy (non-hydrogen) atoms. The van der Waals surface area contributed by atoms with Crippen molar-refractivity contribution < 1.29 is 26.3 Å². The standard InChI is InChI=1S/C86H53F6N5/c87-85(88,89)67-36-39-70-71-40-37-68(86(90,91)92)52-79(71)97(78(70)51-67)81-65(44-64-43-63-32-31-59(53-19-7-1-8-20-53)46-72(63)73-47-60(33-38-69(64)73)54-21-9-2-10-22-54)45-66(84-94-82(57-27-15-5-16-28-57)93-83(95-84)58-29-17-6-18-30-58)50-80(81)96-76-41-34-61(55-23-11-3-12-24-55)48-74(76)75-49-62(35-42-77(75)96)56-25-13-4-14-26-56/h1-42,44-52H,43H2/b64-44-. The fraction of sp³-hybridized carbons (Fsp3) is 0.0349. The summed E-state index contributed by atoms with van der Waals surface area (Å²) in [5.41, 5.74) is 15.4. The Bertz CT molecular complexity index is 5560. The van der Waals surface area contributed by atoms with Crippen LogP contribution in [0.5, 0.6) is 0 Å². The number of fused-ring (bicyclic) bond motifs is 9. The molecular formula is C86H53F6N5. The van der Waals surface area contributed by atoms with Crippen LogP contribution in [0.4, 0.5) is 26.3 Å². The third-order valence-corrected chi connectivity index (χ3v) is 18.6. The van der Waals surface area contributed by atoms with E-state index in [0.29, 0.717) is 51.3 Å². The predicted molar refractivity (Wildman–Crippen MR) is 380 cm³/mol. The van der Waals surface area contributed by atoms with Crippen LogP contribution in [0.3, 0.4) is 0 Å². The van der Waals surface area contributed by atoms with Gasteiger partial charge in [0.1, 0.15) is 0 Å². The lowest BCUT2D eigenvalue weighted by Gasteiger charge is -2.26. The summed E-state index contributed by atoms with van der Waals surface area (Å²) >= 11 is 0. The number of allylic oxidation sites excluding steroid dienone is 1. The average molecular weight is 1270 g/mol. The second-order valence-electron chi connectivity index (χ2n) is 24.5. The fourth-order valence-electron chi connectivity index (χ4n) is 14.0. The molecule has 1 aliphatic rings. The molecule has 17 rings (SSSR count). The maximum atomic E-state index is 15.6. The van der Waals surface area contributed by atoms with Crippen molar-refractivity contribution in [1.29, 1.82) is 0 Å². The Morgan fingerprint density at radius 1 is 0.289 bits per heavy atom. The first kappa shape index (κ1) is 58.6. The third-order valence-electron chi connectivity index (χ3n) is 18.6. The Labute approximate surface area is 553 Å². The van der Waals surface area contributed by atoms with Crippen molar-refractivity contribution in [1.82, 2.24) is 24.1 Å². The molecular weight excluding hydrogens is 1220 g/mol. The molecule has 0 spiro atoms. The number of benzene rings is 13. The Kier molecular flexibility index (Phi) is 14.1. The van der Waals surface area contributed by atoms with Crippen LogP contribution in [0.2, 0.25) is 0 Å². The molecule has 0 radical (unpaired) electrons. The van der Waals surface area contributed by atoms with Crippen LogP contribution < -0.4 is 0 Å². The molecule has 5 nitrogen and oxygen atoms in total. The number of hydrogen-bond acceptors (Lipinski definition) is 3. The van der Waals surface area contributed by atoms with Crippen molar-refractivity contribution in [2.75, 3.05) is 0 Å². The van der Waals surface area contributed by atoms with Gasteiger partial charge in [-0.3, -0.25) is 0 Å². The van der Waals surface area contributed by atoms with Gasteiger partial charge in [0.05, 0.1) is 44.6 Å². The lowest BCUT2D eigenvalue weighted by molar-refractivity contribution is -0.138. The van der Waals surface area contributed by atoms with E-state index in [1.54, 1.807) is 4.57 Å². The first-order valence-corrected chi connectivity index (χ1v) is 31.9. The number of hydrogen-bond donors (Lipinski definition) is 0. The molecule has 0 atom stereocenters. The number of nitrogens with zero attached hydrogens (tertiary/aromatic N) is 5. The summed E-state index contributed by atoms with van der Waals surface area (Å²) in [6.07, 6.45) is -7.21. The summed E-state index contributed by atoms with van der Waals surface area (Å²) in [6.45, 7) is 0. The Balaban J connectivity index is 1.05. The molecule has 3 aromatic heterocycles. The smallest absolute Gasteiger partial charge is 0.307 e. The van der Waals surface area contributed by atoms with Gasteiger partial charge in [0.15, 0.2) is 17.5 Å².